The summed E-state index contributed by atoms with van der Waals surface area (Å²) in [5.74, 6) is 0. The molecule has 4 nitrogen and oxygen atoms in total. The molecule has 1 aromatic carbocycles. The van der Waals surface area contributed by atoms with E-state index in [0.717, 1.165) is 12.2 Å². The molecule has 1 atom stereocenters. The Morgan fingerprint density at radius 1 is 1.50 bits per heavy atom. The van der Waals surface area contributed by atoms with Crippen molar-refractivity contribution in [2.24, 2.45) is 0 Å². The largest absolute Gasteiger partial charge is 0.398 e. The van der Waals surface area contributed by atoms with Gasteiger partial charge in [-0.1, -0.05) is 0 Å². The van der Waals surface area contributed by atoms with Gasteiger partial charge < -0.3 is 15.5 Å². The molecule has 1 heterocycles. The Kier molecular flexibility index (Phi) is 3.73. The first-order valence-corrected chi connectivity index (χ1v) is 6.33. The average molecular weight is 244 g/mol. The molecule has 0 spiro atoms. The summed E-state index contributed by atoms with van der Waals surface area (Å²) in [6.07, 6.45) is 2.43. The third-order valence-electron chi connectivity index (χ3n) is 3.71. The van der Waals surface area contributed by atoms with Crippen molar-refractivity contribution in [1.82, 2.24) is 4.90 Å². The smallest absolute Gasteiger partial charge is 0.101 e. The van der Waals surface area contributed by atoms with Crippen LogP contribution in [0.4, 0.5) is 11.4 Å². The summed E-state index contributed by atoms with van der Waals surface area (Å²) in [5, 5.41) is 9.02. The van der Waals surface area contributed by atoms with Gasteiger partial charge in [-0.25, -0.2) is 0 Å². The van der Waals surface area contributed by atoms with Gasteiger partial charge >= 0.3 is 0 Å². The number of benzene rings is 1. The van der Waals surface area contributed by atoms with E-state index in [4.69, 9.17) is 11.0 Å². The standard InChI is InChI=1S/C14H20N4/c1-17-7-3-4-13(10-17)18(2)12-5-6-14(16)11(8-12)9-15/h5-6,8,13H,3-4,7,10,16H2,1-2H3. The lowest BCUT2D eigenvalue weighted by Gasteiger charge is -2.37. The van der Waals surface area contributed by atoms with Crippen molar-refractivity contribution in [2.45, 2.75) is 18.9 Å². The van der Waals surface area contributed by atoms with Crippen LogP contribution in [0.1, 0.15) is 18.4 Å². The SMILES string of the molecule is CN1CCCC(N(C)c2ccc(N)c(C#N)c2)C1. The van der Waals surface area contributed by atoms with Crippen molar-refractivity contribution in [3.05, 3.63) is 23.8 Å². The number of nitrogens with zero attached hydrogens (tertiary/aromatic N) is 3. The van der Waals surface area contributed by atoms with E-state index in [1.165, 1.54) is 19.4 Å². The molecule has 4 heteroatoms. The molecular formula is C14H20N4. The van der Waals surface area contributed by atoms with Gasteiger partial charge in [0.25, 0.3) is 0 Å². The number of nitrogen functional groups attached to an aromatic ring is 1. The molecule has 0 radical (unpaired) electrons. The van der Waals surface area contributed by atoms with Crippen LogP contribution in [-0.2, 0) is 0 Å². The number of hydrogen-bond acceptors (Lipinski definition) is 4. The fourth-order valence-corrected chi connectivity index (χ4v) is 2.53. The molecular weight excluding hydrogens is 224 g/mol. The van der Waals surface area contributed by atoms with E-state index in [1.54, 1.807) is 0 Å². The second-order valence-electron chi connectivity index (χ2n) is 5.05. The van der Waals surface area contributed by atoms with Crippen molar-refractivity contribution in [3.8, 4) is 6.07 Å². The molecule has 1 aromatic rings. The first-order chi connectivity index (χ1) is 8.61. The van der Waals surface area contributed by atoms with Crippen LogP contribution >= 0.6 is 0 Å². The Morgan fingerprint density at radius 3 is 2.94 bits per heavy atom. The number of likely N-dealkylation sites (tertiary alicyclic amines) is 1. The van der Waals surface area contributed by atoms with Gasteiger partial charge in [0.1, 0.15) is 6.07 Å². The second-order valence-corrected chi connectivity index (χ2v) is 5.05. The highest BCUT2D eigenvalue weighted by Gasteiger charge is 2.21. The van der Waals surface area contributed by atoms with Crippen molar-refractivity contribution in [3.63, 3.8) is 0 Å². The second kappa shape index (κ2) is 5.28. The molecule has 0 amide bonds. The highest BCUT2D eigenvalue weighted by atomic mass is 15.2. The predicted octanol–water partition coefficient (Wildman–Crippen LogP) is 1.67. The van der Waals surface area contributed by atoms with E-state index in [1.807, 2.05) is 18.2 Å². The molecule has 1 aliphatic heterocycles. The van der Waals surface area contributed by atoms with E-state index >= 15 is 0 Å². The third kappa shape index (κ3) is 2.57. The van der Waals surface area contributed by atoms with E-state index < -0.39 is 0 Å². The molecule has 0 aliphatic carbocycles. The topological polar surface area (TPSA) is 56.3 Å². The van der Waals surface area contributed by atoms with Crippen molar-refractivity contribution in [2.75, 3.05) is 37.8 Å². The minimum Gasteiger partial charge on any atom is -0.398 e. The van der Waals surface area contributed by atoms with Crippen LogP contribution in [0.5, 0.6) is 0 Å². The van der Waals surface area contributed by atoms with Gasteiger partial charge in [-0.15, -0.1) is 0 Å². The Hall–Kier alpha value is -1.73. The van der Waals surface area contributed by atoms with Crippen molar-refractivity contribution in [1.29, 1.82) is 5.26 Å². The summed E-state index contributed by atoms with van der Waals surface area (Å²) in [6, 6.07) is 8.34. The normalized spacial score (nSPS) is 20.4. The van der Waals surface area contributed by atoms with Gasteiger partial charge in [-0.3, -0.25) is 0 Å². The lowest BCUT2D eigenvalue weighted by atomic mass is 10.0. The van der Waals surface area contributed by atoms with Crippen molar-refractivity contribution >= 4 is 11.4 Å². The van der Waals surface area contributed by atoms with Crippen LogP contribution in [0.15, 0.2) is 18.2 Å². The van der Waals surface area contributed by atoms with Crippen LogP contribution in [0.3, 0.4) is 0 Å². The lowest BCUT2D eigenvalue weighted by molar-refractivity contribution is 0.248. The summed E-state index contributed by atoms with van der Waals surface area (Å²) in [6.45, 7) is 2.25. The Balaban J connectivity index is 2.18. The molecule has 18 heavy (non-hydrogen) atoms. The zero-order valence-corrected chi connectivity index (χ0v) is 11.1. The van der Waals surface area contributed by atoms with E-state index in [-0.39, 0.29) is 0 Å². The summed E-state index contributed by atoms with van der Waals surface area (Å²) in [7, 11) is 4.25. The lowest BCUT2D eigenvalue weighted by Crippen LogP contribution is -2.45. The number of piperidine rings is 1. The number of rotatable bonds is 2. The predicted molar refractivity (Wildman–Crippen MR) is 74.5 cm³/mol. The molecule has 1 saturated heterocycles. The van der Waals surface area contributed by atoms with Crippen LogP contribution < -0.4 is 10.6 Å². The number of nitriles is 1. The van der Waals surface area contributed by atoms with E-state index in [0.29, 0.717) is 17.3 Å². The third-order valence-corrected chi connectivity index (χ3v) is 3.71. The maximum atomic E-state index is 9.02. The number of anilines is 2. The van der Waals surface area contributed by atoms with Gasteiger partial charge in [-0.05, 0) is 44.6 Å². The molecule has 1 aliphatic rings. The molecule has 1 unspecified atom stereocenters. The van der Waals surface area contributed by atoms with Crippen molar-refractivity contribution < 1.29 is 0 Å². The molecule has 0 bridgehead atoms. The maximum Gasteiger partial charge on any atom is 0.101 e. The average Bonchev–Trinajstić information content (AvgIpc) is 2.38. The zero-order chi connectivity index (χ0) is 13.1. The van der Waals surface area contributed by atoms with Gasteiger partial charge in [-0.2, -0.15) is 5.26 Å². The van der Waals surface area contributed by atoms with Crippen LogP contribution in [-0.4, -0.2) is 38.1 Å². The fourth-order valence-electron chi connectivity index (χ4n) is 2.53. The summed E-state index contributed by atoms with van der Waals surface area (Å²) in [5.41, 5.74) is 7.93. The fraction of sp³-hybridized carbons (Fsp3) is 0.500. The number of nitrogens with two attached hydrogens (primary N) is 1. The first-order valence-electron chi connectivity index (χ1n) is 6.33. The van der Waals surface area contributed by atoms with Crippen LogP contribution in [0, 0.1) is 11.3 Å². The number of likely N-dealkylation sites (N-methyl/N-ethyl adjacent to an activating group) is 2. The van der Waals surface area contributed by atoms with Gasteiger partial charge in [0.2, 0.25) is 0 Å². The minimum atomic E-state index is 0.513. The van der Waals surface area contributed by atoms with Crippen LogP contribution in [0.25, 0.3) is 0 Å². The Morgan fingerprint density at radius 2 is 2.28 bits per heavy atom. The van der Waals surface area contributed by atoms with E-state index in [9.17, 15) is 0 Å². The maximum absolute atomic E-state index is 9.02. The molecule has 96 valence electrons. The zero-order valence-electron chi connectivity index (χ0n) is 11.1. The summed E-state index contributed by atoms with van der Waals surface area (Å²) < 4.78 is 0. The highest BCUT2D eigenvalue weighted by molar-refractivity contribution is 5.62. The van der Waals surface area contributed by atoms with Gasteiger partial charge in [0.05, 0.1) is 5.56 Å². The van der Waals surface area contributed by atoms with E-state index in [2.05, 4.69) is 30.0 Å². The highest BCUT2D eigenvalue weighted by Crippen LogP contribution is 2.24. The Labute approximate surface area is 109 Å². The van der Waals surface area contributed by atoms with Gasteiger partial charge in [0, 0.05) is 31.0 Å². The molecule has 1 fully saturated rings. The molecule has 2 N–H and O–H groups in total. The number of hydrogen-bond donors (Lipinski definition) is 1. The summed E-state index contributed by atoms with van der Waals surface area (Å²) in [4.78, 5) is 4.61. The summed E-state index contributed by atoms with van der Waals surface area (Å²) >= 11 is 0. The quantitative estimate of drug-likeness (QED) is 0.804. The molecule has 0 saturated carbocycles. The Bertz CT molecular complexity index is 463. The van der Waals surface area contributed by atoms with Crippen LogP contribution in [0.2, 0.25) is 0 Å². The minimum absolute atomic E-state index is 0.513. The molecule has 2 rings (SSSR count). The van der Waals surface area contributed by atoms with Gasteiger partial charge in [0.15, 0.2) is 0 Å². The molecule has 0 aromatic heterocycles. The first kappa shape index (κ1) is 12.7. The monoisotopic (exact) mass is 244 g/mol.